The van der Waals surface area contributed by atoms with E-state index in [1.807, 2.05) is 45.0 Å². The van der Waals surface area contributed by atoms with Crippen molar-refractivity contribution in [3.63, 3.8) is 0 Å². The number of nitrogens with one attached hydrogen (secondary N) is 2. The van der Waals surface area contributed by atoms with Crippen molar-refractivity contribution in [2.75, 3.05) is 43.5 Å². The predicted molar refractivity (Wildman–Crippen MR) is 205 cm³/mol. The highest BCUT2D eigenvalue weighted by molar-refractivity contribution is 6.13. The number of amides is 3. The summed E-state index contributed by atoms with van der Waals surface area (Å²) in [6.07, 6.45) is 1.07. The summed E-state index contributed by atoms with van der Waals surface area (Å²) in [5.74, 6) is -1.49. The van der Waals surface area contributed by atoms with Crippen LogP contribution in [0.15, 0.2) is 53.8 Å². The van der Waals surface area contributed by atoms with Crippen LogP contribution in [0.2, 0.25) is 0 Å². The van der Waals surface area contributed by atoms with Crippen LogP contribution in [0.4, 0.5) is 16.2 Å². The van der Waals surface area contributed by atoms with Gasteiger partial charge in [0.2, 0.25) is 5.91 Å². The fourth-order valence-corrected chi connectivity index (χ4v) is 6.34. The van der Waals surface area contributed by atoms with Crippen LogP contribution in [0, 0.1) is 11.3 Å². The van der Waals surface area contributed by atoms with Crippen molar-refractivity contribution in [3.8, 4) is 0 Å². The number of para-hydroxylation sites is 1. The molecule has 0 spiro atoms. The van der Waals surface area contributed by atoms with Crippen molar-refractivity contribution in [1.82, 2.24) is 20.1 Å². The van der Waals surface area contributed by atoms with Crippen molar-refractivity contribution in [3.05, 3.63) is 54.2 Å². The van der Waals surface area contributed by atoms with Gasteiger partial charge in [-0.3, -0.25) is 24.0 Å². The first kappa shape index (κ1) is 43.0. The Labute approximate surface area is 319 Å². The largest absolute Gasteiger partial charge is 0.480 e. The summed E-state index contributed by atoms with van der Waals surface area (Å²) in [5.41, 5.74) is 2.50. The summed E-state index contributed by atoms with van der Waals surface area (Å²) in [7, 11) is 1.57. The molecule has 0 unspecified atom stereocenters. The smallest absolute Gasteiger partial charge is 0.345 e. The minimum absolute atomic E-state index is 0.0936. The number of carboxylic acid groups (broad SMARTS) is 1. The van der Waals surface area contributed by atoms with E-state index in [2.05, 4.69) is 15.7 Å². The number of rotatable bonds is 14. The molecule has 4 atom stereocenters. The van der Waals surface area contributed by atoms with E-state index in [1.54, 1.807) is 31.4 Å². The molecule has 55 heavy (non-hydrogen) atoms. The first-order valence-corrected chi connectivity index (χ1v) is 18.3. The summed E-state index contributed by atoms with van der Waals surface area (Å²) >= 11 is 0. The quantitative estimate of drug-likeness (QED) is 0.116. The van der Waals surface area contributed by atoms with Gasteiger partial charge >= 0.3 is 12.0 Å². The summed E-state index contributed by atoms with van der Waals surface area (Å²) in [6, 6.07) is 12.0. The molecule has 300 valence electrons. The maximum Gasteiger partial charge on any atom is 0.345 e. The number of hydrazone groups is 1. The normalized spacial score (nSPS) is 17.3. The average Bonchev–Trinajstić information content (AvgIpc) is 3.50. The lowest BCUT2D eigenvalue weighted by Crippen LogP contribution is -2.48. The Balaban J connectivity index is 0.000000444. The van der Waals surface area contributed by atoms with Crippen molar-refractivity contribution in [1.29, 1.82) is 0 Å². The first-order valence-electron chi connectivity index (χ1n) is 18.3. The monoisotopic (exact) mass is 767 g/mol. The molecule has 1 aliphatic carbocycles. The minimum atomic E-state index is -1.55. The predicted octanol–water partition coefficient (Wildman–Crippen LogP) is 1.54. The van der Waals surface area contributed by atoms with E-state index < -0.39 is 54.3 Å². The van der Waals surface area contributed by atoms with E-state index in [0.29, 0.717) is 16.9 Å². The Morgan fingerprint density at radius 3 is 2.24 bits per heavy atom. The Kier molecular flexibility index (Phi) is 15.0. The van der Waals surface area contributed by atoms with Gasteiger partial charge < -0.3 is 41.3 Å². The maximum atomic E-state index is 14.0. The summed E-state index contributed by atoms with van der Waals surface area (Å²) in [4.78, 5) is 53.2. The number of carbonyl (C=O) groups is 4. The van der Waals surface area contributed by atoms with Gasteiger partial charge in [0.1, 0.15) is 31.4 Å². The Morgan fingerprint density at radius 2 is 1.60 bits per heavy atom. The highest BCUT2D eigenvalue weighted by atomic mass is 16.4. The molecule has 1 aromatic heterocycles. The molecule has 3 amide bonds. The molecule has 2 aromatic carbocycles. The highest BCUT2D eigenvalue weighted by Crippen LogP contribution is 2.34. The number of likely N-dealkylation sites (N-methyl/N-ethyl adjacent to an activating group) is 1. The van der Waals surface area contributed by atoms with Crippen molar-refractivity contribution in [2.45, 2.75) is 83.8 Å². The van der Waals surface area contributed by atoms with Gasteiger partial charge in [-0.15, -0.1) is 0 Å². The van der Waals surface area contributed by atoms with Gasteiger partial charge in [0.15, 0.2) is 5.78 Å². The Hall–Kier alpha value is -4.78. The van der Waals surface area contributed by atoms with Crippen LogP contribution in [-0.2, 0) is 20.9 Å². The Bertz CT molecular complexity index is 1840. The van der Waals surface area contributed by atoms with Gasteiger partial charge in [0.25, 0.3) is 0 Å². The third-order valence-corrected chi connectivity index (χ3v) is 9.53. The molecule has 1 aliphatic heterocycles. The van der Waals surface area contributed by atoms with Crippen LogP contribution in [0.1, 0.15) is 58.4 Å². The lowest BCUT2D eigenvalue weighted by molar-refractivity contribution is -0.137. The van der Waals surface area contributed by atoms with E-state index in [4.69, 9.17) is 25.5 Å². The second-order valence-corrected chi connectivity index (χ2v) is 14.8. The fraction of sp³-hybridized carbons (Fsp3) is 0.526. The minimum Gasteiger partial charge on any atom is -0.480 e. The zero-order chi connectivity index (χ0) is 40.4. The van der Waals surface area contributed by atoms with E-state index in [1.165, 1.54) is 14.6 Å². The van der Waals surface area contributed by atoms with Crippen LogP contribution in [0.25, 0.3) is 10.9 Å². The lowest BCUT2D eigenvalue weighted by atomic mass is 9.83. The zero-order valence-corrected chi connectivity index (χ0v) is 31.6. The number of aliphatic carboxylic acids is 1. The molecular weight excluding hydrogens is 714 g/mol. The van der Waals surface area contributed by atoms with Crippen LogP contribution >= 0.6 is 0 Å². The van der Waals surface area contributed by atoms with Crippen LogP contribution in [0.5, 0.6) is 0 Å². The van der Waals surface area contributed by atoms with Crippen molar-refractivity contribution >= 4 is 51.7 Å². The number of Topliss-reactive ketones (excluding diaryl/α,β-unsaturated/α-hetero) is 1. The number of nitrogens with zero attached hydrogens (tertiary/aromatic N) is 5. The van der Waals surface area contributed by atoms with Gasteiger partial charge in [0, 0.05) is 34.5 Å². The fourth-order valence-electron chi connectivity index (χ4n) is 6.34. The third-order valence-electron chi connectivity index (χ3n) is 9.53. The van der Waals surface area contributed by atoms with E-state index >= 15 is 0 Å². The number of aliphatic hydroxyl groups excluding tert-OH is 5. The first-order chi connectivity index (χ1) is 26.0. The number of hydrogen-bond acceptors (Lipinski definition) is 12. The number of urea groups is 1. The molecule has 1 fully saturated rings. The van der Waals surface area contributed by atoms with Gasteiger partial charge in [-0.2, -0.15) is 10.2 Å². The second kappa shape index (κ2) is 19.2. The number of fused-ring (bicyclic) bond motifs is 2. The van der Waals surface area contributed by atoms with E-state index in [-0.39, 0.29) is 37.9 Å². The average molecular weight is 768 g/mol. The zero-order valence-electron chi connectivity index (χ0n) is 31.6. The molecule has 0 saturated heterocycles. The summed E-state index contributed by atoms with van der Waals surface area (Å²) in [5, 5.41) is 70.3. The van der Waals surface area contributed by atoms with Crippen LogP contribution in [-0.4, -0.2) is 133 Å². The van der Waals surface area contributed by atoms with Gasteiger partial charge in [-0.25, -0.2) is 9.80 Å². The second-order valence-electron chi connectivity index (χ2n) is 14.8. The molecule has 8 N–H and O–H groups in total. The van der Waals surface area contributed by atoms with E-state index in [0.717, 1.165) is 48.8 Å². The number of hydrogen-bond donors (Lipinski definition) is 8. The van der Waals surface area contributed by atoms with Gasteiger partial charge in [0.05, 0.1) is 42.4 Å². The van der Waals surface area contributed by atoms with Crippen LogP contribution < -0.4 is 15.5 Å². The molecule has 17 nitrogen and oxygen atoms in total. The molecule has 0 radical (unpaired) electrons. The van der Waals surface area contributed by atoms with Gasteiger partial charge in [-0.1, -0.05) is 58.2 Å². The molecule has 1 saturated carbocycles. The molecule has 2 aliphatic rings. The third kappa shape index (κ3) is 11.1. The molecule has 5 rings (SSSR count). The molecule has 3 aromatic rings. The topological polar surface area (TPSA) is 250 Å². The van der Waals surface area contributed by atoms with Gasteiger partial charge in [-0.05, 0) is 44.2 Å². The number of carboxylic acids is 1. The van der Waals surface area contributed by atoms with Crippen molar-refractivity contribution < 1.29 is 49.8 Å². The number of anilines is 2. The molecule has 2 heterocycles. The standard InChI is InChI=1S/C31H36N6O5.C7H17NO5/c1-31(2,3)26(38)17-35-24-12-8-7-11-23(24)29(20-9-5-4-6-10-20)34-37(30(35)42)18-27(39)33-22-14-13-21-16-32-36(19-28(40)41)25(21)15-22;1-8-2-4(10)6(12)7(13)5(11)3-9/h7-8,11-16,20H,4-6,9-10,17-19H2,1-3H3,(H,33,39)(H,40,41);4-13H,2-3H2,1H3/t;4-,5+,6+,7+/m.0/s1. The van der Waals surface area contributed by atoms with E-state index in [9.17, 15) is 29.4 Å². The summed E-state index contributed by atoms with van der Waals surface area (Å²) in [6.45, 7) is 4.06. The van der Waals surface area contributed by atoms with Crippen LogP contribution in [0.3, 0.4) is 0 Å². The number of aliphatic hydroxyl groups is 5. The molecule has 0 bridgehead atoms. The summed E-state index contributed by atoms with van der Waals surface area (Å²) < 4.78 is 1.34. The Morgan fingerprint density at radius 1 is 0.927 bits per heavy atom. The number of carbonyl (C=O) groups excluding carboxylic acids is 3. The SMILES string of the molecule is CC(C)(C)C(=O)CN1C(=O)N(CC(=O)Nc2ccc3cnn(CC(=O)O)c3c2)N=C(C2CCCCC2)c2ccccc21.CNC[C@H](O)[C@@H](O)[C@H](O)[C@H](O)CO. The highest BCUT2D eigenvalue weighted by Gasteiger charge is 2.36. The number of ketones is 1. The molecular formula is C38H53N7O10. The number of aromatic nitrogens is 2. The number of benzene rings is 2. The van der Waals surface area contributed by atoms with Crippen molar-refractivity contribution in [2.24, 2.45) is 16.4 Å². The molecule has 17 heteroatoms. The lowest BCUT2D eigenvalue weighted by Gasteiger charge is -2.28. The maximum absolute atomic E-state index is 14.0.